The third kappa shape index (κ3) is 4.11. The van der Waals surface area contributed by atoms with E-state index in [4.69, 9.17) is 10.5 Å². The second kappa shape index (κ2) is 6.85. The molecule has 82 valence electrons. The van der Waals surface area contributed by atoms with Crippen molar-refractivity contribution >= 4 is 18.4 Å². The first-order valence-electron chi connectivity index (χ1n) is 4.77. The summed E-state index contributed by atoms with van der Waals surface area (Å²) in [5.74, 6) is -0.0217. The van der Waals surface area contributed by atoms with Crippen molar-refractivity contribution in [2.24, 2.45) is 11.7 Å². The molecular formula is C10H18ClNO2. The number of nitrogens with two attached hydrogens (primary N) is 1. The predicted octanol–water partition coefficient (Wildman–Crippen LogP) is 1.65. The van der Waals surface area contributed by atoms with Gasteiger partial charge in [-0.1, -0.05) is 12.7 Å². The van der Waals surface area contributed by atoms with Gasteiger partial charge in [-0.05, 0) is 25.7 Å². The first-order valence-corrected chi connectivity index (χ1v) is 4.77. The molecular weight excluding hydrogens is 202 g/mol. The van der Waals surface area contributed by atoms with Crippen LogP contribution in [0.4, 0.5) is 0 Å². The maximum Gasteiger partial charge on any atom is 0.309 e. The zero-order valence-electron chi connectivity index (χ0n) is 8.28. The molecule has 1 rings (SSSR count). The molecule has 0 atom stereocenters. The second-order valence-electron chi connectivity index (χ2n) is 3.53. The Labute approximate surface area is 91.1 Å². The van der Waals surface area contributed by atoms with E-state index in [0.29, 0.717) is 6.61 Å². The first-order chi connectivity index (χ1) is 6.24. The molecule has 14 heavy (non-hydrogen) atoms. The summed E-state index contributed by atoms with van der Waals surface area (Å²) in [4.78, 5) is 11.4. The van der Waals surface area contributed by atoms with Gasteiger partial charge in [0.15, 0.2) is 0 Å². The maximum absolute atomic E-state index is 11.4. The number of hydrogen-bond acceptors (Lipinski definition) is 3. The van der Waals surface area contributed by atoms with Crippen LogP contribution < -0.4 is 5.73 Å². The molecule has 2 N–H and O–H groups in total. The number of halogens is 1. The van der Waals surface area contributed by atoms with Crippen LogP contribution in [0.2, 0.25) is 0 Å². The highest BCUT2D eigenvalue weighted by atomic mass is 35.5. The summed E-state index contributed by atoms with van der Waals surface area (Å²) in [5.41, 5.74) is 5.73. The zero-order chi connectivity index (χ0) is 9.68. The van der Waals surface area contributed by atoms with Gasteiger partial charge >= 0.3 is 5.97 Å². The van der Waals surface area contributed by atoms with Crippen molar-refractivity contribution in [2.75, 3.05) is 6.61 Å². The van der Waals surface area contributed by atoms with Crippen LogP contribution in [-0.4, -0.2) is 18.6 Å². The van der Waals surface area contributed by atoms with Crippen LogP contribution in [0.3, 0.4) is 0 Å². The van der Waals surface area contributed by atoms with E-state index in [0.717, 1.165) is 25.7 Å². The third-order valence-corrected chi connectivity index (χ3v) is 2.45. The van der Waals surface area contributed by atoms with Gasteiger partial charge in [0.2, 0.25) is 0 Å². The summed E-state index contributed by atoms with van der Waals surface area (Å²) in [5, 5.41) is 0. The molecule has 0 aromatic heterocycles. The fourth-order valence-electron chi connectivity index (χ4n) is 1.61. The van der Waals surface area contributed by atoms with Crippen molar-refractivity contribution in [3.63, 3.8) is 0 Å². The molecule has 0 bridgehead atoms. The number of rotatable bonds is 3. The Kier molecular flexibility index (Phi) is 6.58. The monoisotopic (exact) mass is 219 g/mol. The Bertz CT molecular complexity index is 189. The summed E-state index contributed by atoms with van der Waals surface area (Å²) in [6, 6.07) is 0.281. The van der Waals surface area contributed by atoms with Crippen molar-refractivity contribution < 1.29 is 9.53 Å². The first kappa shape index (κ1) is 13.5. The third-order valence-electron chi connectivity index (χ3n) is 2.45. The van der Waals surface area contributed by atoms with Crippen LogP contribution in [0.1, 0.15) is 25.7 Å². The molecule has 0 spiro atoms. The van der Waals surface area contributed by atoms with E-state index in [1.165, 1.54) is 0 Å². The normalized spacial score (nSPS) is 26.1. The average Bonchev–Trinajstić information content (AvgIpc) is 2.15. The van der Waals surface area contributed by atoms with Crippen molar-refractivity contribution in [3.8, 4) is 0 Å². The van der Waals surface area contributed by atoms with Gasteiger partial charge in [-0.25, -0.2) is 0 Å². The lowest BCUT2D eigenvalue weighted by Crippen LogP contribution is -2.30. The van der Waals surface area contributed by atoms with Gasteiger partial charge in [0, 0.05) is 6.04 Å². The lowest BCUT2D eigenvalue weighted by molar-refractivity contribution is -0.148. The largest absolute Gasteiger partial charge is 0.461 e. The lowest BCUT2D eigenvalue weighted by atomic mass is 9.86. The second-order valence-corrected chi connectivity index (χ2v) is 3.53. The van der Waals surface area contributed by atoms with Crippen LogP contribution in [0.15, 0.2) is 12.7 Å². The van der Waals surface area contributed by atoms with Crippen LogP contribution >= 0.6 is 12.4 Å². The van der Waals surface area contributed by atoms with E-state index >= 15 is 0 Å². The minimum atomic E-state index is -0.0909. The number of carbonyl (C=O) groups is 1. The van der Waals surface area contributed by atoms with Gasteiger partial charge in [-0.2, -0.15) is 0 Å². The molecule has 3 nitrogen and oxygen atoms in total. The van der Waals surface area contributed by atoms with Gasteiger partial charge in [0.05, 0.1) is 5.92 Å². The minimum absolute atomic E-state index is 0. The quantitative estimate of drug-likeness (QED) is 0.580. The molecule has 1 aliphatic carbocycles. The molecule has 1 aliphatic rings. The lowest BCUT2D eigenvalue weighted by Gasteiger charge is -2.24. The fourth-order valence-corrected chi connectivity index (χ4v) is 1.61. The molecule has 0 aliphatic heterocycles. The molecule has 1 saturated carbocycles. The zero-order valence-corrected chi connectivity index (χ0v) is 9.09. The Morgan fingerprint density at radius 3 is 2.50 bits per heavy atom. The fraction of sp³-hybridized carbons (Fsp3) is 0.700. The van der Waals surface area contributed by atoms with E-state index < -0.39 is 0 Å². The van der Waals surface area contributed by atoms with Gasteiger partial charge < -0.3 is 10.5 Å². The molecule has 0 aromatic rings. The van der Waals surface area contributed by atoms with E-state index in [2.05, 4.69) is 6.58 Å². The topological polar surface area (TPSA) is 52.3 Å². The summed E-state index contributed by atoms with van der Waals surface area (Å²) >= 11 is 0. The SMILES string of the molecule is C=CCOC(=O)C1CCC(N)CC1.Cl. The van der Waals surface area contributed by atoms with Gasteiger partial charge in [0.25, 0.3) is 0 Å². The van der Waals surface area contributed by atoms with Crippen LogP contribution in [0.5, 0.6) is 0 Å². The molecule has 4 heteroatoms. The number of esters is 1. The summed E-state index contributed by atoms with van der Waals surface area (Å²) in [6.07, 6.45) is 5.21. The van der Waals surface area contributed by atoms with E-state index in [1.54, 1.807) is 6.08 Å². The highest BCUT2D eigenvalue weighted by molar-refractivity contribution is 5.85. The van der Waals surface area contributed by atoms with E-state index in [-0.39, 0.29) is 30.3 Å². The Hall–Kier alpha value is -0.540. The molecule has 0 aromatic carbocycles. The molecule has 1 fully saturated rings. The predicted molar refractivity (Wildman–Crippen MR) is 58.3 cm³/mol. The Morgan fingerprint density at radius 1 is 1.43 bits per heavy atom. The van der Waals surface area contributed by atoms with E-state index in [9.17, 15) is 4.79 Å². The van der Waals surface area contributed by atoms with Crippen molar-refractivity contribution in [1.82, 2.24) is 0 Å². The summed E-state index contributed by atoms with van der Waals surface area (Å²) in [7, 11) is 0. The van der Waals surface area contributed by atoms with Crippen molar-refractivity contribution in [1.29, 1.82) is 0 Å². The number of hydrogen-bond donors (Lipinski definition) is 1. The molecule has 0 heterocycles. The van der Waals surface area contributed by atoms with E-state index in [1.807, 2.05) is 0 Å². The maximum atomic E-state index is 11.4. The standard InChI is InChI=1S/C10H17NO2.ClH/c1-2-7-13-10(12)8-3-5-9(11)6-4-8;/h2,8-9H,1,3-7,11H2;1H. The average molecular weight is 220 g/mol. The Balaban J connectivity index is 0.00000169. The summed E-state index contributed by atoms with van der Waals surface area (Å²) in [6.45, 7) is 3.81. The molecule has 0 radical (unpaired) electrons. The minimum Gasteiger partial charge on any atom is -0.461 e. The summed E-state index contributed by atoms with van der Waals surface area (Å²) < 4.78 is 4.97. The number of ether oxygens (including phenoxy) is 1. The van der Waals surface area contributed by atoms with Gasteiger partial charge in [-0.15, -0.1) is 12.4 Å². The smallest absolute Gasteiger partial charge is 0.309 e. The number of carbonyl (C=O) groups excluding carboxylic acids is 1. The van der Waals surface area contributed by atoms with Gasteiger partial charge in [-0.3, -0.25) is 4.79 Å². The Morgan fingerprint density at radius 2 is 2.00 bits per heavy atom. The van der Waals surface area contributed by atoms with Gasteiger partial charge in [0.1, 0.15) is 6.61 Å². The molecule has 0 unspecified atom stereocenters. The molecule has 0 amide bonds. The van der Waals surface area contributed by atoms with Crippen molar-refractivity contribution in [2.45, 2.75) is 31.7 Å². The highest BCUT2D eigenvalue weighted by Crippen LogP contribution is 2.23. The van der Waals surface area contributed by atoms with Crippen LogP contribution in [0.25, 0.3) is 0 Å². The van der Waals surface area contributed by atoms with Crippen LogP contribution in [-0.2, 0) is 9.53 Å². The van der Waals surface area contributed by atoms with Crippen molar-refractivity contribution in [3.05, 3.63) is 12.7 Å². The highest BCUT2D eigenvalue weighted by Gasteiger charge is 2.25. The van der Waals surface area contributed by atoms with Crippen LogP contribution in [0, 0.1) is 5.92 Å². The molecule has 0 saturated heterocycles.